The molecule has 4 aliphatic heterocycles. The number of rotatable bonds is 3. The van der Waals surface area contributed by atoms with Crippen LogP contribution in [-0.2, 0) is 6.54 Å². The Kier molecular flexibility index (Phi) is 4.19. The normalized spacial score (nSPS) is 33.5. The molecule has 0 amide bonds. The predicted octanol–water partition coefficient (Wildman–Crippen LogP) is -0.883. The summed E-state index contributed by atoms with van der Waals surface area (Å²) < 4.78 is 7.77. The summed E-state index contributed by atoms with van der Waals surface area (Å²) in [6, 6.07) is 10.3. The van der Waals surface area contributed by atoms with Crippen molar-refractivity contribution in [3.05, 3.63) is 40.6 Å². The summed E-state index contributed by atoms with van der Waals surface area (Å²) in [4.78, 5) is 7.55. The van der Waals surface area contributed by atoms with Crippen molar-refractivity contribution in [2.24, 2.45) is 0 Å². The Bertz CT molecular complexity index is 699. The van der Waals surface area contributed by atoms with Gasteiger partial charge in [0.25, 0.3) is 0 Å². The van der Waals surface area contributed by atoms with Crippen molar-refractivity contribution in [1.29, 1.82) is 0 Å². The number of hydrogen-bond donors (Lipinski definition) is 0. The van der Waals surface area contributed by atoms with E-state index in [9.17, 15) is 0 Å². The first-order valence-electron chi connectivity index (χ1n) is 7.91. The van der Waals surface area contributed by atoms with Crippen LogP contribution in [0.2, 0.25) is 0 Å². The predicted molar refractivity (Wildman–Crippen MR) is 88.3 cm³/mol. The number of hydrogen-bond acceptors (Lipinski definition) is 5. The summed E-state index contributed by atoms with van der Waals surface area (Å²) in [5.41, 5.74) is 2.01. The molecule has 5 heterocycles. The molecule has 0 radical (unpaired) electrons. The Hall–Kier alpha value is -0.960. The second kappa shape index (κ2) is 6.09. The van der Waals surface area contributed by atoms with Gasteiger partial charge in [0.1, 0.15) is 32.2 Å². The number of nitrogens with zero attached hydrogens (tertiary/aromatic N) is 5. The summed E-state index contributed by atoms with van der Waals surface area (Å²) in [6.45, 7) is 7.57. The van der Waals surface area contributed by atoms with Gasteiger partial charge in [-0.1, -0.05) is 33.2 Å². The SMILES string of the molecule is Brc1ccc(-c2cc(C[N+]34CN5CN(CN(C5)C3)C4)on2)cc1.[Cl-]. The van der Waals surface area contributed by atoms with Crippen LogP contribution in [0.4, 0.5) is 0 Å². The van der Waals surface area contributed by atoms with Gasteiger partial charge in [0.15, 0.2) is 5.76 Å². The minimum atomic E-state index is 0. The van der Waals surface area contributed by atoms with Gasteiger partial charge in [0.05, 0.1) is 20.0 Å². The molecule has 24 heavy (non-hydrogen) atoms. The van der Waals surface area contributed by atoms with Gasteiger partial charge in [0.2, 0.25) is 0 Å². The van der Waals surface area contributed by atoms with Gasteiger partial charge in [-0.3, -0.25) is 4.48 Å². The zero-order chi connectivity index (χ0) is 15.4. The fraction of sp³-hybridized carbons (Fsp3) is 0.438. The molecule has 4 fully saturated rings. The van der Waals surface area contributed by atoms with E-state index in [2.05, 4.69) is 54.0 Å². The maximum absolute atomic E-state index is 5.66. The van der Waals surface area contributed by atoms with Gasteiger partial charge < -0.3 is 16.9 Å². The van der Waals surface area contributed by atoms with E-state index in [4.69, 9.17) is 4.52 Å². The maximum atomic E-state index is 5.66. The van der Waals surface area contributed by atoms with E-state index in [0.29, 0.717) is 0 Å². The third-order valence-electron chi connectivity index (χ3n) is 4.89. The summed E-state index contributed by atoms with van der Waals surface area (Å²) in [6.07, 6.45) is 0. The quantitative estimate of drug-likeness (QED) is 0.612. The first-order chi connectivity index (χ1) is 11.2. The van der Waals surface area contributed by atoms with Crippen molar-refractivity contribution in [1.82, 2.24) is 19.9 Å². The van der Waals surface area contributed by atoms with Crippen LogP contribution in [0.1, 0.15) is 5.76 Å². The van der Waals surface area contributed by atoms with Crippen LogP contribution in [0.25, 0.3) is 11.3 Å². The van der Waals surface area contributed by atoms with Gasteiger partial charge in [-0.25, -0.2) is 14.7 Å². The average molecular weight is 413 g/mol. The number of aromatic nitrogens is 1. The smallest absolute Gasteiger partial charge is 0.191 e. The monoisotopic (exact) mass is 411 g/mol. The van der Waals surface area contributed by atoms with Crippen LogP contribution in [0.15, 0.2) is 39.3 Å². The molecule has 6 nitrogen and oxygen atoms in total. The molecule has 0 saturated carbocycles. The van der Waals surface area contributed by atoms with E-state index in [-0.39, 0.29) is 12.4 Å². The lowest BCUT2D eigenvalue weighted by Gasteiger charge is -2.60. The van der Waals surface area contributed by atoms with Crippen LogP contribution >= 0.6 is 15.9 Å². The van der Waals surface area contributed by atoms with Crippen LogP contribution in [-0.4, -0.2) is 64.4 Å². The Balaban J connectivity index is 0.00000146. The first-order valence-corrected chi connectivity index (χ1v) is 8.71. The average Bonchev–Trinajstić information content (AvgIpc) is 2.94. The van der Waals surface area contributed by atoms with E-state index in [1.165, 1.54) is 0 Å². The fourth-order valence-electron chi connectivity index (χ4n) is 4.28. The van der Waals surface area contributed by atoms with E-state index in [0.717, 1.165) is 72.5 Å². The van der Waals surface area contributed by atoms with E-state index in [1.54, 1.807) is 0 Å². The Morgan fingerprint density at radius 2 is 1.58 bits per heavy atom. The molecule has 4 bridgehead atoms. The number of benzene rings is 1. The van der Waals surface area contributed by atoms with Crippen molar-refractivity contribution < 1.29 is 21.4 Å². The molecule has 0 spiro atoms. The highest BCUT2D eigenvalue weighted by Gasteiger charge is 2.48. The van der Waals surface area contributed by atoms with Gasteiger partial charge in [-0.2, -0.15) is 0 Å². The van der Waals surface area contributed by atoms with Crippen LogP contribution < -0.4 is 12.4 Å². The molecule has 8 heteroatoms. The topological polar surface area (TPSA) is 35.8 Å². The zero-order valence-corrected chi connectivity index (χ0v) is 15.6. The van der Waals surface area contributed by atoms with Gasteiger partial charge in [-0.05, 0) is 12.1 Å². The second-order valence-corrected chi connectivity index (χ2v) is 7.96. The van der Waals surface area contributed by atoms with E-state index >= 15 is 0 Å². The summed E-state index contributed by atoms with van der Waals surface area (Å²) >= 11 is 3.47. The van der Waals surface area contributed by atoms with Crippen LogP contribution in [0.5, 0.6) is 0 Å². The molecule has 0 atom stereocenters. The van der Waals surface area contributed by atoms with E-state index in [1.807, 2.05) is 12.1 Å². The highest BCUT2D eigenvalue weighted by atomic mass is 79.9. The van der Waals surface area contributed by atoms with E-state index < -0.39 is 0 Å². The van der Waals surface area contributed by atoms with Crippen molar-refractivity contribution in [3.8, 4) is 11.3 Å². The minimum absolute atomic E-state index is 0. The molecule has 0 aliphatic carbocycles. The van der Waals surface area contributed by atoms with Crippen molar-refractivity contribution >= 4 is 15.9 Å². The molecule has 128 valence electrons. The molecular formula is C16H19BrClN5O. The molecule has 6 rings (SSSR count). The second-order valence-electron chi connectivity index (χ2n) is 7.05. The molecular weight excluding hydrogens is 394 g/mol. The third kappa shape index (κ3) is 2.89. The maximum Gasteiger partial charge on any atom is 0.191 e. The third-order valence-corrected chi connectivity index (χ3v) is 5.42. The van der Waals surface area contributed by atoms with Gasteiger partial charge >= 0.3 is 0 Å². The lowest BCUT2D eigenvalue weighted by Crippen LogP contribution is -3.00. The summed E-state index contributed by atoms with van der Waals surface area (Å²) in [7, 11) is 0. The Morgan fingerprint density at radius 1 is 1.00 bits per heavy atom. The molecule has 0 unspecified atom stereocenters. The molecule has 0 N–H and O–H groups in total. The summed E-state index contributed by atoms with van der Waals surface area (Å²) in [5.74, 6) is 0.980. The van der Waals surface area contributed by atoms with Crippen molar-refractivity contribution in [3.63, 3.8) is 0 Å². The van der Waals surface area contributed by atoms with Crippen molar-refractivity contribution in [2.75, 3.05) is 40.0 Å². The molecule has 4 aliphatic rings. The Labute approximate surface area is 155 Å². The zero-order valence-electron chi connectivity index (χ0n) is 13.2. The van der Waals surface area contributed by atoms with Crippen LogP contribution in [0.3, 0.4) is 0 Å². The van der Waals surface area contributed by atoms with Crippen molar-refractivity contribution in [2.45, 2.75) is 6.54 Å². The highest BCUT2D eigenvalue weighted by Crippen LogP contribution is 2.31. The minimum Gasteiger partial charge on any atom is -1.00 e. The fourth-order valence-corrected chi connectivity index (χ4v) is 4.55. The lowest BCUT2D eigenvalue weighted by atomic mass is 10.1. The number of quaternary nitrogens is 1. The summed E-state index contributed by atoms with van der Waals surface area (Å²) in [5, 5.41) is 4.27. The molecule has 2 aromatic rings. The first kappa shape index (κ1) is 16.5. The van der Waals surface area contributed by atoms with Gasteiger partial charge in [0, 0.05) is 16.1 Å². The Morgan fingerprint density at radius 3 is 2.17 bits per heavy atom. The van der Waals surface area contributed by atoms with Crippen LogP contribution in [0, 0.1) is 0 Å². The standard InChI is InChI=1S/C16H19BrN5O.ClH/c17-14-3-1-13(2-4-14)16-5-15(23-18-16)6-22-10-19-7-20(11-22)9-21(8-19)12-22;/h1-5H,6-12H2;1H/q+1;/p-1. The molecule has 1 aromatic heterocycles. The number of halogens is 2. The molecule has 1 aromatic carbocycles. The molecule has 4 saturated heterocycles. The largest absolute Gasteiger partial charge is 1.00 e. The highest BCUT2D eigenvalue weighted by molar-refractivity contribution is 9.10. The van der Waals surface area contributed by atoms with Gasteiger partial charge in [-0.15, -0.1) is 0 Å². The lowest BCUT2D eigenvalue weighted by molar-refractivity contribution is -0.992.